The lowest BCUT2D eigenvalue weighted by Crippen LogP contribution is -2.05. The molecule has 2 rings (SSSR count). The van der Waals surface area contributed by atoms with Crippen LogP contribution in [-0.4, -0.2) is 17.0 Å². The molecule has 0 aliphatic heterocycles. The fraction of sp³-hybridized carbons (Fsp3) is 0.143. The van der Waals surface area contributed by atoms with Gasteiger partial charge in [-0.1, -0.05) is 18.2 Å². The van der Waals surface area contributed by atoms with Crippen LogP contribution in [0.15, 0.2) is 52.1 Å². The fourth-order valence-electron chi connectivity index (χ4n) is 1.71. The van der Waals surface area contributed by atoms with Crippen molar-refractivity contribution in [1.29, 1.82) is 0 Å². The molecule has 0 aliphatic rings. The zero-order chi connectivity index (χ0) is 13.0. The van der Waals surface area contributed by atoms with E-state index in [2.05, 4.69) is 20.9 Å². The van der Waals surface area contributed by atoms with Crippen LogP contribution in [0, 0.1) is 0 Å². The summed E-state index contributed by atoms with van der Waals surface area (Å²) in [6, 6.07) is 9.61. The average molecular weight is 322 g/mol. The van der Waals surface area contributed by atoms with Crippen LogP contribution >= 0.6 is 27.7 Å². The van der Waals surface area contributed by atoms with Crippen molar-refractivity contribution in [2.75, 3.05) is 6.26 Å². The van der Waals surface area contributed by atoms with Crippen molar-refractivity contribution in [2.45, 2.75) is 11.3 Å². The average Bonchev–Trinajstić information content (AvgIpc) is 2.38. The van der Waals surface area contributed by atoms with Crippen molar-refractivity contribution in [3.8, 4) is 0 Å². The highest BCUT2D eigenvalue weighted by molar-refractivity contribution is 9.10. The standard InChI is InChI=1S/C14H12BrNOS/c1-18-14-5-3-2-4-12(14)13(17)7-10-6-11(15)9-16-8-10/h2-6,8-9H,7H2,1H3. The first-order valence-electron chi connectivity index (χ1n) is 5.46. The Labute approximate surface area is 119 Å². The summed E-state index contributed by atoms with van der Waals surface area (Å²) in [7, 11) is 0. The minimum Gasteiger partial charge on any atom is -0.294 e. The summed E-state index contributed by atoms with van der Waals surface area (Å²) >= 11 is 4.95. The van der Waals surface area contributed by atoms with Gasteiger partial charge in [-0.15, -0.1) is 11.8 Å². The zero-order valence-corrected chi connectivity index (χ0v) is 12.3. The molecular weight excluding hydrogens is 310 g/mol. The maximum Gasteiger partial charge on any atom is 0.168 e. The number of rotatable bonds is 4. The van der Waals surface area contributed by atoms with Gasteiger partial charge in [0.15, 0.2) is 5.78 Å². The first kappa shape index (κ1) is 13.3. The Bertz CT molecular complexity index is 571. The van der Waals surface area contributed by atoms with Gasteiger partial charge in [-0.25, -0.2) is 0 Å². The van der Waals surface area contributed by atoms with Crippen LogP contribution in [0.25, 0.3) is 0 Å². The van der Waals surface area contributed by atoms with E-state index in [4.69, 9.17) is 0 Å². The zero-order valence-electron chi connectivity index (χ0n) is 9.89. The van der Waals surface area contributed by atoms with Crippen LogP contribution in [-0.2, 0) is 6.42 Å². The predicted molar refractivity (Wildman–Crippen MR) is 78.2 cm³/mol. The lowest BCUT2D eigenvalue weighted by Gasteiger charge is -2.06. The van der Waals surface area contributed by atoms with Crippen molar-refractivity contribution in [3.63, 3.8) is 0 Å². The third-order valence-electron chi connectivity index (χ3n) is 2.53. The van der Waals surface area contributed by atoms with Crippen molar-refractivity contribution in [2.24, 2.45) is 0 Å². The first-order valence-corrected chi connectivity index (χ1v) is 7.48. The number of pyridine rings is 1. The van der Waals surface area contributed by atoms with Gasteiger partial charge < -0.3 is 0 Å². The molecular formula is C14H12BrNOS. The van der Waals surface area contributed by atoms with E-state index >= 15 is 0 Å². The molecule has 2 nitrogen and oxygen atoms in total. The molecule has 0 saturated heterocycles. The number of halogens is 1. The van der Waals surface area contributed by atoms with Crippen LogP contribution in [0.5, 0.6) is 0 Å². The summed E-state index contributed by atoms with van der Waals surface area (Å²) in [4.78, 5) is 17.3. The van der Waals surface area contributed by atoms with Gasteiger partial charge in [0.25, 0.3) is 0 Å². The number of carbonyl (C=O) groups is 1. The SMILES string of the molecule is CSc1ccccc1C(=O)Cc1cncc(Br)c1. The molecule has 18 heavy (non-hydrogen) atoms. The number of aromatic nitrogens is 1. The molecule has 0 saturated carbocycles. The second kappa shape index (κ2) is 6.16. The van der Waals surface area contributed by atoms with E-state index in [0.717, 1.165) is 20.5 Å². The largest absolute Gasteiger partial charge is 0.294 e. The number of thioether (sulfide) groups is 1. The van der Waals surface area contributed by atoms with Gasteiger partial charge in [0, 0.05) is 33.7 Å². The number of hydrogen-bond acceptors (Lipinski definition) is 3. The summed E-state index contributed by atoms with van der Waals surface area (Å²) in [6.45, 7) is 0. The highest BCUT2D eigenvalue weighted by Crippen LogP contribution is 2.21. The Morgan fingerprint density at radius 3 is 2.83 bits per heavy atom. The van der Waals surface area contributed by atoms with E-state index < -0.39 is 0 Å². The maximum absolute atomic E-state index is 12.2. The fourth-order valence-corrected chi connectivity index (χ4v) is 2.74. The highest BCUT2D eigenvalue weighted by Gasteiger charge is 2.11. The molecule has 0 fully saturated rings. The topological polar surface area (TPSA) is 30.0 Å². The van der Waals surface area contributed by atoms with E-state index in [1.54, 1.807) is 24.2 Å². The minimum atomic E-state index is 0.125. The van der Waals surface area contributed by atoms with E-state index in [0.29, 0.717) is 6.42 Å². The van der Waals surface area contributed by atoms with Crippen LogP contribution < -0.4 is 0 Å². The number of Topliss-reactive ketones (excluding diaryl/α,β-unsaturated/α-hetero) is 1. The summed E-state index contributed by atoms with van der Waals surface area (Å²) in [5.41, 5.74) is 1.70. The maximum atomic E-state index is 12.2. The number of hydrogen-bond donors (Lipinski definition) is 0. The first-order chi connectivity index (χ1) is 8.70. The molecule has 92 valence electrons. The smallest absolute Gasteiger partial charge is 0.168 e. The third-order valence-corrected chi connectivity index (χ3v) is 3.76. The molecule has 0 bridgehead atoms. The van der Waals surface area contributed by atoms with Crippen molar-refractivity contribution in [1.82, 2.24) is 4.98 Å². The second-order valence-electron chi connectivity index (χ2n) is 3.81. The molecule has 1 heterocycles. The Morgan fingerprint density at radius 2 is 2.11 bits per heavy atom. The monoisotopic (exact) mass is 321 g/mol. The van der Waals surface area contributed by atoms with Crippen molar-refractivity contribution >= 4 is 33.5 Å². The number of ketones is 1. The third kappa shape index (κ3) is 3.21. The highest BCUT2D eigenvalue weighted by atomic mass is 79.9. The van der Waals surface area contributed by atoms with E-state index in [-0.39, 0.29) is 5.78 Å². The quantitative estimate of drug-likeness (QED) is 0.630. The molecule has 0 atom stereocenters. The Kier molecular flexibility index (Phi) is 4.55. The molecule has 0 aliphatic carbocycles. The molecule has 0 radical (unpaired) electrons. The van der Waals surface area contributed by atoms with Gasteiger partial charge in [0.1, 0.15) is 0 Å². The molecule has 1 aromatic heterocycles. The molecule has 4 heteroatoms. The van der Waals surface area contributed by atoms with Crippen molar-refractivity contribution in [3.05, 3.63) is 58.3 Å². The molecule has 0 unspecified atom stereocenters. The van der Waals surface area contributed by atoms with Crippen molar-refractivity contribution < 1.29 is 4.79 Å². The van der Waals surface area contributed by atoms with Crippen LogP contribution in [0.3, 0.4) is 0 Å². The van der Waals surface area contributed by atoms with Crippen LogP contribution in [0.1, 0.15) is 15.9 Å². The Balaban J connectivity index is 2.22. The molecule has 0 N–H and O–H groups in total. The van der Waals surface area contributed by atoms with E-state index in [9.17, 15) is 4.79 Å². The lowest BCUT2D eigenvalue weighted by atomic mass is 10.0. The second-order valence-corrected chi connectivity index (χ2v) is 5.58. The van der Waals surface area contributed by atoms with Gasteiger partial charge in [0.05, 0.1) is 0 Å². The van der Waals surface area contributed by atoms with Crippen LogP contribution in [0.2, 0.25) is 0 Å². The molecule has 1 aromatic carbocycles. The number of nitrogens with zero attached hydrogens (tertiary/aromatic N) is 1. The van der Waals surface area contributed by atoms with Crippen LogP contribution in [0.4, 0.5) is 0 Å². The van der Waals surface area contributed by atoms with Gasteiger partial charge in [-0.3, -0.25) is 9.78 Å². The summed E-state index contributed by atoms with van der Waals surface area (Å²) in [6.07, 6.45) is 5.80. The normalized spacial score (nSPS) is 10.3. The van der Waals surface area contributed by atoms with E-state index in [1.165, 1.54) is 0 Å². The molecule has 0 spiro atoms. The van der Waals surface area contributed by atoms with E-state index in [1.807, 2.05) is 36.6 Å². The lowest BCUT2D eigenvalue weighted by molar-refractivity contribution is 0.0990. The Morgan fingerprint density at radius 1 is 1.33 bits per heavy atom. The molecule has 2 aromatic rings. The summed E-state index contributed by atoms with van der Waals surface area (Å²) in [5, 5.41) is 0. The Hall–Kier alpha value is -1.13. The van der Waals surface area contributed by atoms with Gasteiger partial charge in [0.2, 0.25) is 0 Å². The number of carbonyl (C=O) groups excluding carboxylic acids is 1. The van der Waals surface area contributed by atoms with Gasteiger partial charge >= 0.3 is 0 Å². The summed E-state index contributed by atoms with van der Waals surface area (Å²) in [5.74, 6) is 0.125. The van der Waals surface area contributed by atoms with Gasteiger partial charge in [-0.2, -0.15) is 0 Å². The molecule has 0 amide bonds. The predicted octanol–water partition coefficient (Wildman–Crippen LogP) is 3.99. The van der Waals surface area contributed by atoms with Gasteiger partial charge in [-0.05, 0) is 39.9 Å². The minimum absolute atomic E-state index is 0.125. The number of benzene rings is 1. The summed E-state index contributed by atoms with van der Waals surface area (Å²) < 4.78 is 0.894.